The van der Waals surface area contributed by atoms with Crippen LogP contribution in [0.25, 0.3) is 0 Å². The number of aliphatic carboxylic acids is 1. The molecule has 86 valence electrons. The number of rotatable bonds is 5. The summed E-state index contributed by atoms with van der Waals surface area (Å²) in [5.41, 5.74) is 0. The average molecular weight is 212 g/mol. The van der Waals surface area contributed by atoms with E-state index < -0.39 is 5.97 Å². The van der Waals surface area contributed by atoms with Crippen molar-refractivity contribution in [1.29, 1.82) is 0 Å². The number of nitrogens with one attached hydrogen (secondary N) is 1. The standard InChI is InChI=1S/C11H20N2O2/c1-9(2)13-6-4-10(8-13)7-12-5-3-11(14)15/h3,5,9-10,12H,4,6-8H2,1-2H3,(H,14,15)/b5-3+. The maximum atomic E-state index is 10.2. The van der Waals surface area contributed by atoms with Crippen LogP contribution in [0.2, 0.25) is 0 Å². The summed E-state index contributed by atoms with van der Waals surface area (Å²) in [6, 6.07) is 0.615. The van der Waals surface area contributed by atoms with Crippen LogP contribution in [0.3, 0.4) is 0 Å². The van der Waals surface area contributed by atoms with Gasteiger partial charge in [0.1, 0.15) is 0 Å². The molecule has 1 aliphatic heterocycles. The first-order chi connectivity index (χ1) is 7.09. The van der Waals surface area contributed by atoms with E-state index in [-0.39, 0.29) is 0 Å². The highest BCUT2D eigenvalue weighted by Gasteiger charge is 2.23. The van der Waals surface area contributed by atoms with E-state index in [2.05, 4.69) is 24.1 Å². The third kappa shape index (κ3) is 4.34. The van der Waals surface area contributed by atoms with E-state index in [9.17, 15) is 4.79 Å². The van der Waals surface area contributed by atoms with Crippen molar-refractivity contribution in [3.63, 3.8) is 0 Å². The Morgan fingerprint density at radius 3 is 2.93 bits per heavy atom. The SMILES string of the molecule is CC(C)N1CCC(CN/C=C/C(=O)O)C1. The first-order valence-electron chi connectivity index (χ1n) is 5.46. The summed E-state index contributed by atoms with van der Waals surface area (Å²) >= 11 is 0. The second kappa shape index (κ2) is 5.75. The summed E-state index contributed by atoms with van der Waals surface area (Å²) in [6.45, 7) is 7.56. The summed E-state index contributed by atoms with van der Waals surface area (Å²) in [4.78, 5) is 12.7. The van der Waals surface area contributed by atoms with Crippen molar-refractivity contribution in [2.24, 2.45) is 5.92 Å². The molecule has 0 saturated carbocycles. The monoisotopic (exact) mass is 212 g/mol. The fraction of sp³-hybridized carbons (Fsp3) is 0.727. The van der Waals surface area contributed by atoms with Gasteiger partial charge in [-0.1, -0.05) is 0 Å². The van der Waals surface area contributed by atoms with Gasteiger partial charge < -0.3 is 15.3 Å². The second-order valence-electron chi connectivity index (χ2n) is 4.32. The molecule has 1 fully saturated rings. The Morgan fingerprint density at radius 2 is 2.40 bits per heavy atom. The third-order valence-corrected chi connectivity index (χ3v) is 2.80. The normalized spacial score (nSPS) is 22.7. The molecular weight excluding hydrogens is 192 g/mol. The van der Waals surface area contributed by atoms with Gasteiger partial charge >= 0.3 is 5.97 Å². The lowest BCUT2D eigenvalue weighted by molar-refractivity contribution is -0.131. The van der Waals surface area contributed by atoms with E-state index in [4.69, 9.17) is 5.11 Å². The fourth-order valence-corrected chi connectivity index (χ4v) is 1.86. The Labute approximate surface area is 91.0 Å². The smallest absolute Gasteiger partial charge is 0.329 e. The molecule has 0 aromatic carbocycles. The molecule has 1 unspecified atom stereocenters. The van der Waals surface area contributed by atoms with Crippen LogP contribution < -0.4 is 5.32 Å². The highest BCUT2D eigenvalue weighted by molar-refractivity contribution is 5.79. The van der Waals surface area contributed by atoms with Gasteiger partial charge in [-0.25, -0.2) is 4.79 Å². The largest absolute Gasteiger partial charge is 0.478 e. The molecule has 1 heterocycles. The molecule has 2 N–H and O–H groups in total. The number of hydrogen-bond acceptors (Lipinski definition) is 3. The topological polar surface area (TPSA) is 52.6 Å². The zero-order valence-corrected chi connectivity index (χ0v) is 9.44. The van der Waals surface area contributed by atoms with Crippen LogP contribution in [-0.2, 0) is 4.79 Å². The average Bonchev–Trinajstić information content (AvgIpc) is 2.60. The summed E-state index contributed by atoms with van der Waals surface area (Å²) in [5.74, 6) is -0.261. The molecule has 0 radical (unpaired) electrons. The van der Waals surface area contributed by atoms with Gasteiger partial charge in [0.15, 0.2) is 0 Å². The van der Waals surface area contributed by atoms with Gasteiger partial charge in [0.2, 0.25) is 0 Å². The van der Waals surface area contributed by atoms with Crippen LogP contribution in [0.15, 0.2) is 12.3 Å². The highest BCUT2D eigenvalue weighted by Crippen LogP contribution is 2.17. The van der Waals surface area contributed by atoms with Crippen LogP contribution >= 0.6 is 0 Å². The highest BCUT2D eigenvalue weighted by atomic mass is 16.4. The lowest BCUT2D eigenvalue weighted by atomic mass is 10.1. The first-order valence-corrected chi connectivity index (χ1v) is 5.46. The van der Waals surface area contributed by atoms with Gasteiger partial charge in [-0.15, -0.1) is 0 Å². The van der Waals surface area contributed by atoms with Gasteiger partial charge in [0.25, 0.3) is 0 Å². The summed E-state index contributed by atoms with van der Waals surface area (Å²) < 4.78 is 0. The quantitative estimate of drug-likeness (QED) is 0.665. The van der Waals surface area contributed by atoms with Gasteiger partial charge in [0, 0.05) is 31.4 Å². The summed E-state index contributed by atoms with van der Waals surface area (Å²) in [6.07, 6.45) is 3.85. The van der Waals surface area contributed by atoms with Crippen LogP contribution in [0.4, 0.5) is 0 Å². The zero-order valence-electron chi connectivity index (χ0n) is 9.44. The fourth-order valence-electron chi connectivity index (χ4n) is 1.86. The molecule has 1 saturated heterocycles. The van der Waals surface area contributed by atoms with Crippen molar-refractivity contribution >= 4 is 5.97 Å². The Kier molecular flexibility index (Phi) is 4.62. The van der Waals surface area contributed by atoms with Crippen molar-refractivity contribution in [3.8, 4) is 0 Å². The molecule has 0 aliphatic carbocycles. The minimum atomic E-state index is -0.905. The van der Waals surface area contributed by atoms with E-state index in [1.807, 2.05) is 0 Å². The Morgan fingerprint density at radius 1 is 1.67 bits per heavy atom. The van der Waals surface area contributed by atoms with Crippen molar-refractivity contribution < 1.29 is 9.90 Å². The second-order valence-corrected chi connectivity index (χ2v) is 4.32. The van der Waals surface area contributed by atoms with Crippen molar-refractivity contribution in [2.45, 2.75) is 26.3 Å². The van der Waals surface area contributed by atoms with E-state index in [1.165, 1.54) is 12.6 Å². The molecule has 1 rings (SSSR count). The number of carboxylic acids is 1. The molecule has 4 nitrogen and oxygen atoms in total. The number of carbonyl (C=O) groups is 1. The predicted molar refractivity (Wildman–Crippen MR) is 59.6 cm³/mol. The Bertz CT molecular complexity index is 239. The van der Waals surface area contributed by atoms with Crippen LogP contribution in [-0.4, -0.2) is 41.7 Å². The number of nitrogens with zero attached hydrogens (tertiary/aromatic N) is 1. The Hall–Kier alpha value is -1.03. The van der Waals surface area contributed by atoms with E-state index >= 15 is 0 Å². The van der Waals surface area contributed by atoms with Gasteiger partial charge in [-0.05, 0) is 32.7 Å². The van der Waals surface area contributed by atoms with E-state index in [0.29, 0.717) is 12.0 Å². The van der Waals surface area contributed by atoms with Gasteiger partial charge in [-0.2, -0.15) is 0 Å². The van der Waals surface area contributed by atoms with Crippen molar-refractivity contribution in [1.82, 2.24) is 10.2 Å². The first kappa shape index (κ1) is 12.0. The van der Waals surface area contributed by atoms with Gasteiger partial charge in [-0.3, -0.25) is 0 Å². The van der Waals surface area contributed by atoms with Crippen LogP contribution in [0.1, 0.15) is 20.3 Å². The number of carboxylic acid groups (broad SMARTS) is 1. The van der Waals surface area contributed by atoms with Gasteiger partial charge in [0.05, 0.1) is 0 Å². The molecule has 0 aromatic rings. The maximum absolute atomic E-state index is 10.2. The van der Waals surface area contributed by atoms with Crippen LogP contribution in [0.5, 0.6) is 0 Å². The molecule has 0 spiro atoms. The lowest BCUT2D eigenvalue weighted by Crippen LogP contribution is -2.29. The minimum Gasteiger partial charge on any atom is -0.478 e. The minimum absolute atomic E-state index is 0.615. The molecule has 1 atom stereocenters. The number of hydrogen-bond donors (Lipinski definition) is 2. The molecule has 4 heteroatoms. The van der Waals surface area contributed by atoms with Crippen molar-refractivity contribution in [3.05, 3.63) is 12.3 Å². The number of likely N-dealkylation sites (tertiary alicyclic amines) is 1. The zero-order chi connectivity index (χ0) is 11.3. The maximum Gasteiger partial charge on any atom is 0.329 e. The molecule has 15 heavy (non-hydrogen) atoms. The Balaban J connectivity index is 2.16. The molecule has 0 bridgehead atoms. The molecule has 1 aliphatic rings. The summed E-state index contributed by atoms with van der Waals surface area (Å²) in [5, 5.41) is 11.4. The third-order valence-electron chi connectivity index (χ3n) is 2.80. The molecule has 0 amide bonds. The summed E-state index contributed by atoms with van der Waals surface area (Å²) in [7, 11) is 0. The molecule has 0 aromatic heterocycles. The predicted octanol–water partition coefficient (Wildman–Crippen LogP) is 0.905. The van der Waals surface area contributed by atoms with Crippen LogP contribution in [0, 0.1) is 5.92 Å². The molecular formula is C11H20N2O2. The lowest BCUT2D eigenvalue weighted by Gasteiger charge is -2.20. The van der Waals surface area contributed by atoms with E-state index in [0.717, 1.165) is 25.7 Å². The van der Waals surface area contributed by atoms with E-state index in [1.54, 1.807) is 0 Å². The van der Waals surface area contributed by atoms with Crippen molar-refractivity contribution in [2.75, 3.05) is 19.6 Å².